The number of anilines is 2. The Labute approximate surface area is 160 Å². The number of amides is 1. The highest BCUT2D eigenvalue weighted by molar-refractivity contribution is 6.36. The molecule has 0 unspecified atom stereocenters. The van der Waals surface area contributed by atoms with Gasteiger partial charge in [0.15, 0.2) is 0 Å². The van der Waals surface area contributed by atoms with Crippen LogP contribution in [-0.2, 0) is 4.79 Å². The SMILES string of the molecule is N#C/C(=C/Nc1cccc2ccccc12)C(=O)Nc1cc(Cl)ccc1Cl. The summed E-state index contributed by atoms with van der Waals surface area (Å²) in [6.07, 6.45) is 1.37. The molecule has 0 aliphatic carbocycles. The fourth-order valence-electron chi connectivity index (χ4n) is 2.43. The van der Waals surface area contributed by atoms with Gasteiger partial charge in [0.25, 0.3) is 5.91 Å². The van der Waals surface area contributed by atoms with Gasteiger partial charge in [-0.15, -0.1) is 0 Å². The molecule has 0 bridgehead atoms. The van der Waals surface area contributed by atoms with Gasteiger partial charge in [0.2, 0.25) is 0 Å². The summed E-state index contributed by atoms with van der Waals surface area (Å²) in [4.78, 5) is 12.3. The van der Waals surface area contributed by atoms with Crippen molar-refractivity contribution in [1.29, 1.82) is 5.26 Å². The number of fused-ring (bicyclic) bond motifs is 1. The van der Waals surface area contributed by atoms with Crippen molar-refractivity contribution in [1.82, 2.24) is 0 Å². The second-order valence-corrected chi connectivity index (χ2v) is 6.26. The largest absolute Gasteiger partial charge is 0.360 e. The number of carbonyl (C=O) groups is 1. The maximum atomic E-state index is 12.3. The fraction of sp³-hybridized carbons (Fsp3) is 0. The average molecular weight is 382 g/mol. The summed E-state index contributed by atoms with van der Waals surface area (Å²) < 4.78 is 0. The minimum Gasteiger partial charge on any atom is -0.360 e. The van der Waals surface area contributed by atoms with Gasteiger partial charge in [0.05, 0.1) is 10.7 Å². The maximum absolute atomic E-state index is 12.3. The number of nitrogens with one attached hydrogen (secondary N) is 2. The van der Waals surface area contributed by atoms with Crippen LogP contribution in [0.3, 0.4) is 0 Å². The van der Waals surface area contributed by atoms with Crippen LogP contribution in [0.4, 0.5) is 11.4 Å². The summed E-state index contributed by atoms with van der Waals surface area (Å²) in [5, 5.41) is 17.7. The molecule has 0 saturated carbocycles. The second-order valence-electron chi connectivity index (χ2n) is 5.42. The monoisotopic (exact) mass is 381 g/mol. The molecule has 6 heteroatoms. The lowest BCUT2D eigenvalue weighted by molar-refractivity contribution is -0.112. The van der Waals surface area contributed by atoms with E-state index in [1.165, 1.54) is 12.3 Å². The third-order valence-electron chi connectivity index (χ3n) is 3.70. The van der Waals surface area contributed by atoms with Crippen molar-refractivity contribution < 1.29 is 4.79 Å². The Balaban J connectivity index is 1.83. The average Bonchev–Trinajstić information content (AvgIpc) is 2.65. The molecule has 4 nitrogen and oxygen atoms in total. The van der Waals surface area contributed by atoms with Crippen molar-refractivity contribution in [3.63, 3.8) is 0 Å². The van der Waals surface area contributed by atoms with Crippen LogP contribution < -0.4 is 10.6 Å². The van der Waals surface area contributed by atoms with Crippen molar-refractivity contribution in [2.24, 2.45) is 0 Å². The van der Waals surface area contributed by atoms with E-state index in [9.17, 15) is 10.1 Å². The highest BCUT2D eigenvalue weighted by Gasteiger charge is 2.12. The quantitative estimate of drug-likeness (QED) is 0.456. The molecular weight excluding hydrogens is 369 g/mol. The third kappa shape index (κ3) is 3.97. The number of hydrogen-bond acceptors (Lipinski definition) is 3. The molecular formula is C20H13Cl2N3O. The molecule has 26 heavy (non-hydrogen) atoms. The van der Waals surface area contributed by atoms with Gasteiger partial charge >= 0.3 is 0 Å². The van der Waals surface area contributed by atoms with Crippen molar-refractivity contribution in [3.05, 3.63) is 82.5 Å². The van der Waals surface area contributed by atoms with Crippen LogP contribution >= 0.6 is 23.2 Å². The smallest absolute Gasteiger partial charge is 0.267 e. The second kappa shape index (κ2) is 7.92. The van der Waals surface area contributed by atoms with E-state index in [0.717, 1.165) is 16.5 Å². The molecule has 0 heterocycles. The molecule has 0 spiro atoms. The first kappa shape index (κ1) is 17.8. The predicted molar refractivity (Wildman–Crippen MR) is 106 cm³/mol. The molecule has 1 amide bonds. The molecule has 3 aromatic rings. The molecule has 0 saturated heterocycles. The lowest BCUT2D eigenvalue weighted by Gasteiger charge is -2.09. The van der Waals surface area contributed by atoms with Crippen LogP contribution in [0, 0.1) is 11.3 Å². The Morgan fingerprint density at radius 3 is 2.58 bits per heavy atom. The van der Waals surface area contributed by atoms with Gasteiger partial charge in [-0.05, 0) is 29.7 Å². The zero-order valence-electron chi connectivity index (χ0n) is 13.5. The highest BCUT2D eigenvalue weighted by atomic mass is 35.5. The Bertz CT molecular complexity index is 1050. The van der Waals surface area contributed by atoms with Gasteiger partial charge < -0.3 is 10.6 Å². The molecule has 2 N–H and O–H groups in total. The Morgan fingerprint density at radius 2 is 1.77 bits per heavy atom. The highest BCUT2D eigenvalue weighted by Crippen LogP contribution is 2.26. The molecule has 0 aromatic heterocycles. The van der Waals surface area contributed by atoms with Crippen molar-refractivity contribution in [2.75, 3.05) is 10.6 Å². The predicted octanol–water partition coefficient (Wildman–Crippen LogP) is 5.60. The van der Waals surface area contributed by atoms with Crippen LogP contribution in [0.2, 0.25) is 10.0 Å². The first-order valence-corrected chi connectivity index (χ1v) is 8.45. The van der Waals surface area contributed by atoms with E-state index in [1.807, 2.05) is 48.5 Å². The van der Waals surface area contributed by atoms with E-state index in [4.69, 9.17) is 23.2 Å². The van der Waals surface area contributed by atoms with Crippen molar-refractivity contribution in [3.8, 4) is 6.07 Å². The Hall–Kier alpha value is -3.00. The van der Waals surface area contributed by atoms with E-state index >= 15 is 0 Å². The number of halogens is 2. The van der Waals surface area contributed by atoms with Crippen molar-refractivity contribution in [2.45, 2.75) is 0 Å². The molecule has 0 aliphatic heterocycles. The van der Waals surface area contributed by atoms with Gasteiger partial charge in [0.1, 0.15) is 11.6 Å². The lowest BCUT2D eigenvalue weighted by atomic mass is 10.1. The van der Waals surface area contributed by atoms with E-state index in [-0.39, 0.29) is 5.57 Å². The van der Waals surface area contributed by atoms with Gasteiger partial charge in [-0.3, -0.25) is 4.79 Å². The maximum Gasteiger partial charge on any atom is 0.267 e. The van der Waals surface area contributed by atoms with Crippen molar-refractivity contribution >= 4 is 51.3 Å². The van der Waals surface area contributed by atoms with E-state index in [1.54, 1.807) is 12.1 Å². The molecule has 0 atom stereocenters. The van der Waals surface area contributed by atoms with Crippen LogP contribution in [0.25, 0.3) is 10.8 Å². The topological polar surface area (TPSA) is 64.9 Å². The summed E-state index contributed by atoms with van der Waals surface area (Å²) in [5.41, 5.74) is 1.05. The molecule has 0 radical (unpaired) electrons. The van der Waals surface area contributed by atoms with Crippen LogP contribution in [0.1, 0.15) is 0 Å². The number of benzene rings is 3. The van der Waals surface area contributed by atoms with E-state index in [2.05, 4.69) is 10.6 Å². The molecule has 128 valence electrons. The zero-order valence-corrected chi connectivity index (χ0v) is 15.0. The number of nitriles is 1. The fourth-order valence-corrected chi connectivity index (χ4v) is 2.77. The van der Waals surface area contributed by atoms with Crippen LogP contribution in [0.15, 0.2) is 72.4 Å². The van der Waals surface area contributed by atoms with Gasteiger partial charge in [-0.25, -0.2) is 0 Å². The third-order valence-corrected chi connectivity index (χ3v) is 4.27. The molecule has 0 fully saturated rings. The molecule has 3 rings (SSSR count). The van der Waals surface area contributed by atoms with Gasteiger partial charge in [-0.2, -0.15) is 5.26 Å². The first-order valence-electron chi connectivity index (χ1n) is 7.69. The molecule has 3 aromatic carbocycles. The minimum atomic E-state index is -0.579. The first-order chi connectivity index (χ1) is 12.6. The Kier molecular flexibility index (Phi) is 5.43. The number of carbonyl (C=O) groups excluding carboxylic acids is 1. The summed E-state index contributed by atoms with van der Waals surface area (Å²) in [6.45, 7) is 0. The molecule has 0 aliphatic rings. The summed E-state index contributed by atoms with van der Waals surface area (Å²) in [5.74, 6) is -0.579. The lowest BCUT2D eigenvalue weighted by Crippen LogP contribution is -2.14. The summed E-state index contributed by atoms with van der Waals surface area (Å²) in [7, 11) is 0. The van der Waals surface area contributed by atoms with Gasteiger partial charge in [-0.1, -0.05) is 59.6 Å². The summed E-state index contributed by atoms with van der Waals surface area (Å²) in [6, 6.07) is 20.2. The zero-order chi connectivity index (χ0) is 18.5. The number of hydrogen-bond donors (Lipinski definition) is 2. The summed E-state index contributed by atoms with van der Waals surface area (Å²) >= 11 is 11.9. The van der Waals surface area contributed by atoms with Gasteiger partial charge in [0, 0.05) is 22.3 Å². The standard InChI is InChI=1S/C20H13Cl2N3O/c21-15-8-9-17(22)19(10-15)25-20(26)14(11-23)12-24-18-7-3-5-13-4-1-2-6-16(13)18/h1-10,12,24H,(H,25,26)/b14-12-. The minimum absolute atomic E-state index is 0.0889. The normalized spacial score (nSPS) is 11.0. The van der Waals surface area contributed by atoms with Crippen LogP contribution in [0.5, 0.6) is 0 Å². The van der Waals surface area contributed by atoms with E-state index in [0.29, 0.717) is 15.7 Å². The van der Waals surface area contributed by atoms with E-state index < -0.39 is 5.91 Å². The number of nitrogens with zero attached hydrogens (tertiary/aromatic N) is 1. The number of rotatable bonds is 4. The Morgan fingerprint density at radius 1 is 1.00 bits per heavy atom. The van der Waals surface area contributed by atoms with Crippen LogP contribution in [-0.4, -0.2) is 5.91 Å².